The summed E-state index contributed by atoms with van der Waals surface area (Å²) in [7, 11) is -16.4. The molecule has 3 heterocycles. The average Bonchev–Trinajstić information content (AvgIpc) is 3.69. The van der Waals surface area contributed by atoms with Gasteiger partial charge in [-0.2, -0.15) is 4.31 Å². The van der Waals surface area contributed by atoms with Crippen molar-refractivity contribution in [3.63, 3.8) is 0 Å². The maximum Gasteiger partial charge on any atom is 0.481 e. The van der Waals surface area contributed by atoms with E-state index in [4.69, 9.17) is 31.1 Å². The number of thioether (sulfide) groups is 1. The Hall–Kier alpha value is -2.15. The van der Waals surface area contributed by atoms with Crippen molar-refractivity contribution >= 4 is 80.7 Å². The largest absolute Gasteiger partial charge is 0.481 e. The van der Waals surface area contributed by atoms with E-state index in [-0.39, 0.29) is 41.6 Å². The van der Waals surface area contributed by atoms with E-state index in [9.17, 15) is 57.9 Å². The maximum atomic E-state index is 12.7. The number of nitrogens with one attached hydrogen (secondary N) is 2. The molecule has 1 fully saturated rings. The number of carbonyl (C=O) groups is 3. The van der Waals surface area contributed by atoms with Crippen molar-refractivity contribution in [3.05, 3.63) is 12.7 Å². The first-order valence-electron chi connectivity index (χ1n) is 17.7. The lowest BCUT2D eigenvalue weighted by Crippen LogP contribution is -2.46. The Kier molecular flexibility index (Phi) is 19.1. The van der Waals surface area contributed by atoms with Crippen molar-refractivity contribution < 1.29 is 80.5 Å². The Labute approximate surface area is 341 Å². The number of phosphoric acid groups is 3. The van der Waals surface area contributed by atoms with Gasteiger partial charge in [-0.15, -0.1) is 11.6 Å². The lowest BCUT2D eigenvalue weighted by atomic mass is 9.87. The number of hydrogen-bond acceptors (Lipinski definition) is 18. The molecule has 3 rings (SSSR count). The number of aromatic nitrogens is 4. The number of alkyl halides is 1. The fraction of sp³-hybridized carbons (Fsp3) is 0.724. The van der Waals surface area contributed by atoms with Gasteiger partial charge in [-0.1, -0.05) is 58.2 Å². The number of nitrogen functional groups attached to an aromatic ring is 1. The molecular formula is C29H49ClN7O17P3S. The number of nitrogens with zero attached hydrogens (tertiary/aromatic N) is 4. The van der Waals surface area contributed by atoms with Crippen molar-refractivity contribution in [1.29, 1.82) is 0 Å². The van der Waals surface area contributed by atoms with Crippen LogP contribution in [0.2, 0.25) is 0 Å². The highest BCUT2D eigenvalue weighted by atomic mass is 35.5. The predicted octanol–water partition coefficient (Wildman–Crippen LogP) is 1.24. The Bertz CT molecular complexity index is 1860. The van der Waals surface area contributed by atoms with E-state index in [0.717, 1.165) is 54.7 Å². The number of unbranched alkanes of at least 4 members (excludes halogenated alkanes) is 3. The standard InChI is InChI=1S/C29H49ClN7O17P3S/c1-4-5-6-7-8-17(30)28(42)58-12-11-32-19(38)9-10-33-26(41)23(40)29(2,3)14-51-57(48,49)54-56(46,47)50-13-18-22(53-55(43,44)45)21(39)27(52-18)37-16-36-20-24(31)34-15-35-25(20)37/h15-18,21-23,27,39-40H,4-14H2,1-3H3,(H,32,38)(H,33,41)(H,46,47)(H,48,49)(H2,31,34,35)(H2,43,44,45)/t17?,18-,21-,22-,23+,27-/m1/s1. The number of carbonyl (C=O) groups excluding carboxylic acids is 3. The van der Waals surface area contributed by atoms with Crippen LogP contribution in [0.4, 0.5) is 5.82 Å². The highest BCUT2D eigenvalue weighted by Crippen LogP contribution is 2.61. The summed E-state index contributed by atoms with van der Waals surface area (Å²) in [5, 5.41) is 25.6. The summed E-state index contributed by atoms with van der Waals surface area (Å²) in [5.74, 6) is -1.18. The number of aliphatic hydroxyl groups is 2. The lowest BCUT2D eigenvalue weighted by Gasteiger charge is -2.30. The number of aliphatic hydroxyl groups excluding tert-OH is 2. The van der Waals surface area contributed by atoms with Gasteiger partial charge in [-0.05, 0) is 6.42 Å². The summed E-state index contributed by atoms with van der Waals surface area (Å²) in [4.78, 5) is 87.9. The van der Waals surface area contributed by atoms with E-state index in [1.165, 1.54) is 13.8 Å². The molecule has 8 atom stereocenters. The van der Waals surface area contributed by atoms with Crippen LogP contribution in [-0.2, 0) is 50.7 Å². The van der Waals surface area contributed by atoms with Crippen LogP contribution in [0.3, 0.4) is 0 Å². The molecule has 2 aromatic rings. The molecule has 1 aliphatic rings. The zero-order valence-electron chi connectivity index (χ0n) is 31.6. The summed E-state index contributed by atoms with van der Waals surface area (Å²) >= 11 is 7.15. The van der Waals surface area contributed by atoms with Gasteiger partial charge < -0.3 is 50.9 Å². The number of nitrogens with two attached hydrogens (primary N) is 1. The third-order valence-corrected chi connectivity index (χ3v) is 12.9. The summed E-state index contributed by atoms with van der Waals surface area (Å²) < 4.78 is 62.2. The Morgan fingerprint density at radius 3 is 2.41 bits per heavy atom. The van der Waals surface area contributed by atoms with Crippen LogP contribution < -0.4 is 16.4 Å². The smallest absolute Gasteiger partial charge is 0.386 e. The van der Waals surface area contributed by atoms with Crippen molar-refractivity contribution in [2.24, 2.45) is 5.41 Å². The predicted molar refractivity (Wildman–Crippen MR) is 205 cm³/mol. The van der Waals surface area contributed by atoms with Crippen molar-refractivity contribution in [2.45, 2.75) is 95.3 Å². The fourth-order valence-electron chi connectivity index (χ4n) is 5.24. The van der Waals surface area contributed by atoms with E-state index < -0.39 is 89.9 Å². The summed E-state index contributed by atoms with van der Waals surface area (Å²) in [6.07, 6.45) is -2.37. The van der Waals surface area contributed by atoms with Crippen LogP contribution in [0.25, 0.3) is 11.2 Å². The van der Waals surface area contributed by atoms with Crippen LogP contribution in [-0.4, -0.2) is 128 Å². The van der Waals surface area contributed by atoms with Gasteiger partial charge in [0.1, 0.15) is 41.6 Å². The molecule has 0 spiro atoms. The van der Waals surface area contributed by atoms with Gasteiger partial charge in [-0.25, -0.2) is 28.6 Å². The van der Waals surface area contributed by atoms with Crippen LogP contribution in [0.1, 0.15) is 65.5 Å². The first-order valence-corrected chi connectivity index (χ1v) is 23.6. The monoisotopic (exact) mass is 927 g/mol. The zero-order chi connectivity index (χ0) is 43.5. The third kappa shape index (κ3) is 15.7. The number of anilines is 1. The first kappa shape index (κ1) is 50.2. The molecule has 10 N–H and O–H groups in total. The molecule has 0 aromatic carbocycles. The fourth-order valence-corrected chi connectivity index (χ4v) is 9.12. The van der Waals surface area contributed by atoms with Crippen LogP contribution >= 0.6 is 46.8 Å². The molecule has 0 radical (unpaired) electrons. The molecule has 58 heavy (non-hydrogen) atoms. The molecule has 3 unspecified atom stereocenters. The SMILES string of the molecule is CCCCCCC(Cl)C(=O)SCCNC(=O)CCNC(=O)[C@H](O)C(C)(C)COP(=O)(O)OP(=O)(O)OC[C@H]1O[C@@H](n2cnc3c(N)ncnc32)[C@H](O)[C@@H]1OP(=O)(O)O. The molecule has 2 amide bonds. The minimum Gasteiger partial charge on any atom is -0.386 e. The quantitative estimate of drug-likeness (QED) is 0.0384. The van der Waals surface area contributed by atoms with Gasteiger partial charge in [0, 0.05) is 30.7 Å². The number of hydrogen-bond donors (Lipinski definition) is 9. The minimum absolute atomic E-state index is 0.0292. The summed E-state index contributed by atoms with van der Waals surface area (Å²) in [5.41, 5.74) is 4.25. The number of imidazole rings is 1. The van der Waals surface area contributed by atoms with E-state index in [0.29, 0.717) is 12.2 Å². The second kappa shape index (κ2) is 22.1. The zero-order valence-corrected chi connectivity index (χ0v) is 35.8. The molecular weight excluding hydrogens is 879 g/mol. The van der Waals surface area contributed by atoms with Crippen molar-refractivity contribution in [2.75, 3.05) is 37.8 Å². The van der Waals surface area contributed by atoms with E-state index in [2.05, 4.69) is 41.3 Å². The number of amides is 2. The Balaban J connectivity index is 1.45. The molecule has 0 saturated carbocycles. The molecule has 1 aliphatic heterocycles. The van der Waals surface area contributed by atoms with Crippen molar-refractivity contribution in [3.8, 4) is 0 Å². The number of halogens is 1. The normalized spacial score (nSPS) is 21.9. The summed E-state index contributed by atoms with van der Waals surface area (Å²) in [6.45, 7) is 2.52. The van der Waals surface area contributed by atoms with E-state index in [1.807, 2.05) is 0 Å². The second-order valence-corrected chi connectivity index (χ2v) is 19.4. The van der Waals surface area contributed by atoms with Crippen LogP contribution in [0, 0.1) is 5.41 Å². The molecule has 29 heteroatoms. The van der Waals surface area contributed by atoms with Gasteiger partial charge in [0.2, 0.25) is 16.9 Å². The van der Waals surface area contributed by atoms with E-state index >= 15 is 0 Å². The molecule has 1 saturated heterocycles. The third-order valence-electron chi connectivity index (χ3n) is 8.31. The van der Waals surface area contributed by atoms with Gasteiger partial charge >= 0.3 is 23.5 Å². The molecule has 2 aromatic heterocycles. The van der Waals surface area contributed by atoms with Gasteiger partial charge in [0.05, 0.1) is 19.5 Å². The number of rotatable bonds is 25. The first-order chi connectivity index (χ1) is 27.0. The van der Waals surface area contributed by atoms with Crippen LogP contribution in [0.15, 0.2) is 12.7 Å². The average molecular weight is 928 g/mol. The summed E-state index contributed by atoms with van der Waals surface area (Å²) in [6, 6.07) is 0. The topological polar surface area (TPSA) is 364 Å². The molecule has 330 valence electrons. The maximum absolute atomic E-state index is 12.7. The number of fused-ring (bicyclic) bond motifs is 1. The van der Waals surface area contributed by atoms with Crippen molar-refractivity contribution in [1.82, 2.24) is 30.2 Å². The highest BCUT2D eigenvalue weighted by Gasteiger charge is 2.50. The van der Waals surface area contributed by atoms with Gasteiger partial charge in [0.15, 0.2) is 17.7 Å². The highest BCUT2D eigenvalue weighted by molar-refractivity contribution is 8.13. The molecule has 24 nitrogen and oxygen atoms in total. The number of phosphoric ester groups is 3. The molecule has 0 bridgehead atoms. The number of ether oxygens (including phenoxy) is 1. The Morgan fingerprint density at radius 1 is 1.05 bits per heavy atom. The van der Waals surface area contributed by atoms with E-state index in [1.54, 1.807) is 0 Å². The second-order valence-electron chi connectivity index (χ2n) is 13.6. The molecule has 0 aliphatic carbocycles. The minimum atomic E-state index is -5.57. The lowest BCUT2D eigenvalue weighted by molar-refractivity contribution is -0.137. The van der Waals surface area contributed by atoms with Gasteiger partial charge in [-0.3, -0.25) is 32.5 Å². The van der Waals surface area contributed by atoms with Gasteiger partial charge in [0.25, 0.3) is 0 Å². The Morgan fingerprint density at radius 2 is 1.74 bits per heavy atom. The van der Waals surface area contributed by atoms with Crippen LogP contribution in [0.5, 0.6) is 0 Å².